The molecule has 18 heavy (non-hydrogen) atoms. The minimum Gasteiger partial charge on any atom is -0.216 e. The molecule has 0 aliphatic carbocycles. The van der Waals surface area contributed by atoms with Crippen molar-refractivity contribution in [1.82, 2.24) is 13.3 Å². The Kier molecular flexibility index (Phi) is 5.09. The number of nitrogens with one attached hydrogen (secondary N) is 1. The second kappa shape index (κ2) is 5.80. The molecule has 1 unspecified atom stereocenters. The average Bonchev–Trinajstić information content (AvgIpc) is 2.25. The molecule has 0 spiro atoms. The van der Waals surface area contributed by atoms with E-state index in [0.29, 0.717) is 19.5 Å². The van der Waals surface area contributed by atoms with E-state index in [1.54, 1.807) is 0 Å². The topological polar surface area (TPSA) is 113 Å². The predicted octanol–water partition coefficient (Wildman–Crippen LogP) is -1.70. The minimum atomic E-state index is -3.72. The zero-order valence-electron chi connectivity index (χ0n) is 10.5. The molecule has 0 amide bonds. The smallest absolute Gasteiger partial charge is 0.216 e. The summed E-state index contributed by atoms with van der Waals surface area (Å²) in [6.45, 7) is 0.938. The van der Waals surface area contributed by atoms with Gasteiger partial charge in [0.1, 0.15) is 0 Å². The Balaban J connectivity index is 2.62. The molecule has 0 aromatic carbocycles. The molecule has 1 rings (SSSR count). The molecule has 0 radical (unpaired) electrons. The SMILES string of the molecule is CN(C)S(=O)(=O)N1CCCC(CNS(N)(=O)=O)C1. The summed E-state index contributed by atoms with van der Waals surface area (Å²) in [5, 5.41) is 4.84. The summed E-state index contributed by atoms with van der Waals surface area (Å²) in [6.07, 6.45) is 1.49. The van der Waals surface area contributed by atoms with Crippen LogP contribution in [0.1, 0.15) is 12.8 Å². The first kappa shape index (κ1) is 15.8. The van der Waals surface area contributed by atoms with Crippen molar-refractivity contribution < 1.29 is 16.8 Å². The zero-order valence-corrected chi connectivity index (χ0v) is 12.2. The molecule has 0 aromatic heterocycles. The lowest BCUT2D eigenvalue weighted by Gasteiger charge is -2.33. The molecule has 1 aliphatic rings. The number of piperidine rings is 1. The summed E-state index contributed by atoms with van der Waals surface area (Å²) < 4.78 is 50.1. The van der Waals surface area contributed by atoms with Crippen molar-refractivity contribution in [3.8, 4) is 0 Å². The molecule has 1 aliphatic heterocycles. The first-order chi connectivity index (χ1) is 8.13. The van der Waals surface area contributed by atoms with E-state index in [1.807, 2.05) is 0 Å². The highest BCUT2D eigenvalue weighted by molar-refractivity contribution is 7.87. The summed E-state index contributed by atoms with van der Waals surface area (Å²) >= 11 is 0. The molecule has 1 fully saturated rings. The van der Waals surface area contributed by atoms with Crippen LogP contribution >= 0.6 is 0 Å². The van der Waals surface area contributed by atoms with Gasteiger partial charge in [0.25, 0.3) is 20.4 Å². The van der Waals surface area contributed by atoms with Gasteiger partial charge in [0.05, 0.1) is 0 Å². The van der Waals surface area contributed by atoms with Crippen molar-refractivity contribution in [2.45, 2.75) is 12.8 Å². The van der Waals surface area contributed by atoms with Crippen LogP contribution in [0, 0.1) is 5.92 Å². The van der Waals surface area contributed by atoms with E-state index in [4.69, 9.17) is 5.14 Å². The van der Waals surface area contributed by atoms with Crippen LogP contribution in [0.15, 0.2) is 0 Å². The van der Waals surface area contributed by atoms with Gasteiger partial charge in [0.2, 0.25) is 0 Å². The fraction of sp³-hybridized carbons (Fsp3) is 1.00. The minimum absolute atomic E-state index is 0.0493. The normalized spacial score (nSPS) is 23.4. The molecule has 1 atom stereocenters. The lowest BCUT2D eigenvalue weighted by atomic mass is 10.0. The van der Waals surface area contributed by atoms with Gasteiger partial charge in [-0.25, -0.2) is 9.86 Å². The van der Waals surface area contributed by atoms with Gasteiger partial charge in [-0.2, -0.15) is 25.4 Å². The predicted molar refractivity (Wildman–Crippen MR) is 68.0 cm³/mol. The Labute approximate surface area is 108 Å². The van der Waals surface area contributed by atoms with Gasteiger partial charge in [-0.3, -0.25) is 0 Å². The third-order valence-corrected chi connectivity index (χ3v) is 5.32. The van der Waals surface area contributed by atoms with E-state index < -0.39 is 20.4 Å². The number of hydrogen-bond donors (Lipinski definition) is 2. The Hall–Kier alpha value is -0.260. The largest absolute Gasteiger partial charge is 0.281 e. The van der Waals surface area contributed by atoms with Crippen molar-refractivity contribution >= 4 is 20.4 Å². The standard InChI is InChI=1S/C8H20N4O4S2/c1-11(2)18(15,16)12-5-3-4-8(7-12)6-10-17(9,13)14/h8,10H,3-7H2,1-2H3,(H2,9,13,14). The molecular formula is C8H20N4O4S2. The third-order valence-electron chi connectivity index (χ3n) is 2.84. The fourth-order valence-electron chi connectivity index (χ4n) is 1.87. The Bertz CT molecular complexity index is 473. The molecule has 0 saturated carbocycles. The number of hydrogen-bond acceptors (Lipinski definition) is 4. The summed E-state index contributed by atoms with van der Waals surface area (Å²) in [6, 6.07) is 0. The number of nitrogens with zero attached hydrogens (tertiary/aromatic N) is 2. The first-order valence-corrected chi connectivity index (χ1v) is 8.52. The lowest BCUT2D eigenvalue weighted by Crippen LogP contribution is -2.48. The maximum atomic E-state index is 11.9. The fourth-order valence-corrected chi connectivity index (χ4v) is 3.56. The maximum absolute atomic E-state index is 11.9. The van der Waals surface area contributed by atoms with Gasteiger partial charge < -0.3 is 0 Å². The summed E-state index contributed by atoms with van der Waals surface area (Å²) in [7, 11) is -4.20. The zero-order chi connectivity index (χ0) is 14.0. The average molecular weight is 300 g/mol. The van der Waals surface area contributed by atoms with Crippen LogP contribution in [0.2, 0.25) is 0 Å². The quantitative estimate of drug-likeness (QED) is 0.630. The van der Waals surface area contributed by atoms with Crippen molar-refractivity contribution in [3.63, 3.8) is 0 Å². The molecule has 10 heteroatoms. The van der Waals surface area contributed by atoms with Crippen molar-refractivity contribution in [2.24, 2.45) is 11.1 Å². The molecule has 1 heterocycles. The third kappa shape index (κ3) is 4.44. The summed E-state index contributed by atoms with van der Waals surface area (Å²) in [5.41, 5.74) is 0. The van der Waals surface area contributed by atoms with Gasteiger partial charge in [0.15, 0.2) is 0 Å². The van der Waals surface area contributed by atoms with Crippen LogP contribution in [0.4, 0.5) is 0 Å². The van der Waals surface area contributed by atoms with Gasteiger partial charge in [0, 0.05) is 33.7 Å². The molecule has 0 bridgehead atoms. The van der Waals surface area contributed by atoms with Gasteiger partial charge in [-0.15, -0.1) is 0 Å². The Morgan fingerprint density at radius 2 is 1.94 bits per heavy atom. The van der Waals surface area contributed by atoms with Gasteiger partial charge >= 0.3 is 0 Å². The lowest BCUT2D eigenvalue weighted by molar-refractivity contribution is 0.256. The van der Waals surface area contributed by atoms with Crippen molar-refractivity contribution in [2.75, 3.05) is 33.7 Å². The van der Waals surface area contributed by atoms with Crippen LogP contribution in [0.3, 0.4) is 0 Å². The van der Waals surface area contributed by atoms with Gasteiger partial charge in [-0.05, 0) is 18.8 Å². The molecule has 3 N–H and O–H groups in total. The van der Waals surface area contributed by atoms with Crippen LogP contribution in [-0.2, 0) is 20.4 Å². The second-order valence-electron chi connectivity index (χ2n) is 4.55. The second-order valence-corrected chi connectivity index (χ2v) is 8.07. The van der Waals surface area contributed by atoms with Crippen LogP contribution in [0.5, 0.6) is 0 Å². The monoisotopic (exact) mass is 300 g/mol. The highest BCUT2D eigenvalue weighted by Crippen LogP contribution is 2.19. The number of nitrogens with two attached hydrogens (primary N) is 1. The number of rotatable bonds is 5. The van der Waals surface area contributed by atoms with E-state index in [0.717, 1.165) is 10.7 Å². The van der Waals surface area contributed by atoms with Crippen LogP contribution < -0.4 is 9.86 Å². The van der Waals surface area contributed by atoms with Crippen LogP contribution in [-0.4, -0.2) is 59.2 Å². The Morgan fingerprint density at radius 3 is 2.44 bits per heavy atom. The van der Waals surface area contributed by atoms with E-state index >= 15 is 0 Å². The van der Waals surface area contributed by atoms with Crippen LogP contribution in [0.25, 0.3) is 0 Å². The van der Waals surface area contributed by atoms with E-state index in [9.17, 15) is 16.8 Å². The van der Waals surface area contributed by atoms with Crippen molar-refractivity contribution in [1.29, 1.82) is 0 Å². The first-order valence-electron chi connectivity index (χ1n) is 5.58. The molecule has 0 aromatic rings. The summed E-state index contributed by atoms with van der Waals surface area (Å²) in [4.78, 5) is 0. The Morgan fingerprint density at radius 1 is 1.33 bits per heavy atom. The molecule has 108 valence electrons. The van der Waals surface area contributed by atoms with E-state index in [1.165, 1.54) is 18.4 Å². The maximum Gasteiger partial charge on any atom is 0.281 e. The molecule has 8 nitrogen and oxygen atoms in total. The van der Waals surface area contributed by atoms with Gasteiger partial charge in [-0.1, -0.05) is 0 Å². The molecule has 1 saturated heterocycles. The highest BCUT2D eigenvalue weighted by Gasteiger charge is 2.30. The van der Waals surface area contributed by atoms with E-state index in [-0.39, 0.29) is 12.5 Å². The van der Waals surface area contributed by atoms with Crippen molar-refractivity contribution in [3.05, 3.63) is 0 Å². The highest BCUT2D eigenvalue weighted by atomic mass is 32.2. The summed E-state index contributed by atoms with van der Waals surface area (Å²) in [5.74, 6) is -0.0493. The molecular weight excluding hydrogens is 280 g/mol. The van der Waals surface area contributed by atoms with E-state index in [2.05, 4.69) is 4.72 Å².